The van der Waals surface area contributed by atoms with Crippen LogP contribution in [0.3, 0.4) is 0 Å². The number of hydrogen-bond donors (Lipinski definition) is 1. The molecular weight excluding hydrogens is 357 g/mol. The second-order valence-corrected chi connectivity index (χ2v) is 5.84. The average Bonchev–Trinajstić information content (AvgIpc) is 2.40. The smallest absolute Gasteiger partial charge is 0.234 e. The first-order valence-corrected chi connectivity index (χ1v) is 7.54. The maximum absolute atomic E-state index is 11.8. The Morgan fingerprint density at radius 2 is 1.72 bits per heavy atom. The molecule has 0 saturated heterocycles. The van der Waals surface area contributed by atoms with Crippen LogP contribution in [-0.2, 0) is 4.79 Å². The summed E-state index contributed by atoms with van der Waals surface area (Å²) in [5.41, 5.74) is 0.872. The first-order valence-electron chi connectivity index (χ1n) is 5.48. The number of nitrogens with one attached hydrogen (secondary N) is 1. The molecule has 92 valence electrons. The Balaban J connectivity index is 1.88. The van der Waals surface area contributed by atoms with Crippen LogP contribution in [0.1, 0.15) is 0 Å². The van der Waals surface area contributed by atoms with Crippen molar-refractivity contribution in [3.05, 3.63) is 58.2 Å². The van der Waals surface area contributed by atoms with Crippen LogP contribution in [0.5, 0.6) is 0 Å². The van der Waals surface area contributed by atoms with Gasteiger partial charge in [-0.2, -0.15) is 0 Å². The Morgan fingerprint density at radius 1 is 1.06 bits per heavy atom. The molecule has 0 aliphatic carbocycles. The van der Waals surface area contributed by atoms with E-state index < -0.39 is 0 Å². The number of carbonyl (C=O) groups excluding carboxylic acids is 1. The van der Waals surface area contributed by atoms with Gasteiger partial charge in [0.15, 0.2) is 0 Å². The average molecular weight is 369 g/mol. The number of anilines is 1. The van der Waals surface area contributed by atoms with Gasteiger partial charge in [-0.05, 0) is 46.9 Å². The summed E-state index contributed by atoms with van der Waals surface area (Å²) in [6.07, 6.45) is 0. The molecule has 0 aliphatic rings. The SMILES string of the molecule is O=C(CSc1ccccc1)Nc1ccccc1I. The van der Waals surface area contributed by atoms with Gasteiger partial charge in [0.05, 0.1) is 11.4 Å². The van der Waals surface area contributed by atoms with Crippen molar-refractivity contribution in [3.63, 3.8) is 0 Å². The number of rotatable bonds is 4. The Kier molecular flexibility index (Phi) is 5.07. The van der Waals surface area contributed by atoms with E-state index in [1.54, 1.807) is 0 Å². The van der Waals surface area contributed by atoms with Gasteiger partial charge in [-0.1, -0.05) is 30.3 Å². The van der Waals surface area contributed by atoms with E-state index in [9.17, 15) is 4.79 Å². The molecule has 0 heterocycles. The van der Waals surface area contributed by atoms with Crippen LogP contribution in [0.25, 0.3) is 0 Å². The van der Waals surface area contributed by atoms with Crippen LogP contribution in [-0.4, -0.2) is 11.7 Å². The Labute approximate surface area is 124 Å². The fourth-order valence-corrected chi connectivity index (χ4v) is 2.66. The maximum atomic E-state index is 11.8. The molecule has 1 N–H and O–H groups in total. The fourth-order valence-electron chi connectivity index (χ4n) is 1.41. The Hall–Kier alpha value is -1.01. The van der Waals surface area contributed by atoms with E-state index in [0.717, 1.165) is 14.2 Å². The molecule has 2 rings (SSSR count). The summed E-state index contributed by atoms with van der Waals surface area (Å²) in [4.78, 5) is 12.9. The predicted molar refractivity (Wildman–Crippen MR) is 85.0 cm³/mol. The number of amides is 1. The number of carbonyl (C=O) groups is 1. The third kappa shape index (κ3) is 4.03. The van der Waals surface area contributed by atoms with Crippen molar-refractivity contribution >= 4 is 45.9 Å². The summed E-state index contributed by atoms with van der Waals surface area (Å²) in [6.45, 7) is 0. The van der Waals surface area contributed by atoms with Crippen LogP contribution in [0.4, 0.5) is 5.69 Å². The third-order valence-corrected chi connectivity index (χ3v) is 4.21. The lowest BCUT2D eigenvalue weighted by molar-refractivity contribution is -0.113. The molecule has 0 unspecified atom stereocenters. The lowest BCUT2D eigenvalue weighted by atomic mass is 10.3. The monoisotopic (exact) mass is 369 g/mol. The van der Waals surface area contributed by atoms with Gasteiger partial charge in [0.2, 0.25) is 5.91 Å². The minimum Gasteiger partial charge on any atom is -0.324 e. The van der Waals surface area contributed by atoms with Gasteiger partial charge < -0.3 is 5.32 Å². The van der Waals surface area contributed by atoms with Crippen molar-refractivity contribution in [2.45, 2.75) is 4.90 Å². The van der Waals surface area contributed by atoms with Gasteiger partial charge in [-0.25, -0.2) is 0 Å². The Bertz CT molecular complexity index is 530. The van der Waals surface area contributed by atoms with Gasteiger partial charge in [0.25, 0.3) is 0 Å². The molecule has 2 nitrogen and oxygen atoms in total. The standard InChI is InChI=1S/C14H12INOS/c15-12-8-4-5-9-13(12)16-14(17)10-18-11-6-2-1-3-7-11/h1-9H,10H2,(H,16,17). The lowest BCUT2D eigenvalue weighted by Gasteiger charge is -2.06. The quantitative estimate of drug-likeness (QED) is 0.652. The van der Waals surface area contributed by atoms with Crippen LogP contribution < -0.4 is 5.32 Å². The van der Waals surface area contributed by atoms with E-state index >= 15 is 0 Å². The summed E-state index contributed by atoms with van der Waals surface area (Å²) in [5, 5.41) is 2.91. The van der Waals surface area contributed by atoms with Crippen LogP contribution in [0.15, 0.2) is 59.5 Å². The molecule has 0 aliphatic heterocycles. The predicted octanol–water partition coefficient (Wildman–Crippen LogP) is 4.02. The van der Waals surface area contributed by atoms with Crippen molar-refractivity contribution in [1.29, 1.82) is 0 Å². The highest BCUT2D eigenvalue weighted by Crippen LogP contribution is 2.19. The van der Waals surface area contributed by atoms with E-state index in [1.807, 2.05) is 54.6 Å². The zero-order chi connectivity index (χ0) is 12.8. The summed E-state index contributed by atoms with van der Waals surface area (Å²) < 4.78 is 1.05. The summed E-state index contributed by atoms with van der Waals surface area (Å²) in [7, 11) is 0. The lowest BCUT2D eigenvalue weighted by Crippen LogP contribution is -2.14. The van der Waals surface area contributed by atoms with E-state index in [0.29, 0.717) is 5.75 Å². The normalized spacial score (nSPS) is 10.1. The molecule has 0 saturated carbocycles. The number of hydrogen-bond acceptors (Lipinski definition) is 2. The molecule has 2 aromatic rings. The van der Waals surface area contributed by atoms with Crippen molar-refractivity contribution in [3.8, 4) is 0 Å². The summed E-state index contributed by atoms with van der Waals surface area (Å²) in [5.74, 6) is 0.447. The van der Waals surface area contributed by atoms with E-state index in [1.165, 1.54) is 11.8 Å². The van der Waals surface area contributed by atoms with Crippen LogP contribution in [0.2, 0.25) is 0 Å². The number of halogens is 1. The molecule has 0 fully saturated rings. The topological polar surface area (TPSA) is 29.1 Å². The molecule has 0 aromatic heterocycles. The molecule has 2 aromatic carbocycles. The molecule has 0 spiro atoms. The van der Waals surface area contributed by atoms with E-state index in [4.69, 9.17) is 0 Å². The third-order valence-electron chi connectivity index (χ3n) is 2.26. The van der Waals surface area contributed by atoms with Gasteiger partial charge in [-0.3, -0.25) is 4.79 Å². The van der Waals surface area contributed by atoms with Crippen molar-refractivity contribution in [2.75, 3.05) is 11.1 Å². The highest BCUT2D eigenvalue weighted by molar-refractivity contribution is 14.1. The van der Waals surface area contributed by atoms with Crippen molar-refractivity contribution in [1.82, 2.24) is 0 Å². The van der Waals surface area contributed by atoms with Crippen LogP contribution in [0, 0.1) is 3.57 Å². The summed E-state index contributed by atoms with van der Waals surface area (Å²) in [6, 6.07) is 17.7. The fraction of sp³-hybridized carbons (Fsp3) is 0.0714. The molecule has 1 amide bonds. The van der Waals surface area contributed by atoms with Gasteiger partial charge in [-0.15, -0.1) is 11.8 Å². The minimum absolute atomic E-state index is 0.0213. The first kappa shape index (κ1) is 13.4. The largest absolute Gasteiger partial charge is 0.324 e. The Morgan fingerprint density at radius 3 is 2.44 bits per heavy atom. The first-order chi connectivity index (χ1) is 8.75. The van der Waals surface area contributed by atoms with Gasteiger partial charge in [0.1, 0.15) is 0 Å². The van der Waals surface area contributed by atoms with Gasteiger partial charge >= 0.3 is 0 Å². The maximum Gasteiger partial charge on any atom is 0.234 e. The second-order valence-electron chi connectivity index (χ2n) is 3.63. The minimum atomic E-state index is 0.0213. The highest BCUT2D eigenvalue weighted by Gasteiger charge is 2.05. The highest BCUT2D eigenvalue weighted by atomic mass is 127. The molecular formula is C14H12INOS. The van der Waals surface area contributed by atoms with Crippen molar-refractivity contribution in [2.24, 2.45) is 0 Å². The molecule has 18 heavy (non-hydrogen) atoms. The second kappa shape index (κ2) is 6.80. The number of benzene rings is 2. The summed E-state index contributed by atoms with van der Waals surface area (Å²) >= 11 is 3.75. The number of thioether (sulfide) groups is 1. The van der Waals surface area contributed by atoms with Gasteiger partial charge in [0, 0.05) is 8.47 Å². The van der Waals surface area contributed by atoms with E-state index in [2.05, 4.69) is 27.9 Å². The molecule has 0 atom stereocenters. The van der Waals surface area contributed by atoms with Crippen LogP contribution >= 0.6 is 34.4 Å². The molecule has 0 bridgehead atoms. The zero-order valence-corrected chi connectivity index (χ0v) is 12.6. The van der Waals surface area contributed by atoms with E-state index in [-0.39, 0.29) is 5.91 Å². The van der Waals surface area contributed by atoms with Crippen molar-refractivity contribution < 1.29 is 4.79 Å². The molecule has 0 radical (unpaired) electrons. The zero-order valence-electron chi connectivity index (χ0n) is 9.60. The molecule has 4 heteroatoms. The number of para-hydroxylation sites is 1.